The van der Waals surface area contributed by atoms with Crippen molar-refractivity contribution in [3.8, 4) is 0 Å². The first-order valence-corrected chi connectivity index (χ1v) is 9.01. The SMILES string of the molecule is Nc1ccc(/C=C/c2nc3ccccc3nc2/C=C/c2ccc(N)cc2)cc1. The second-order valence-electron chi connectivity index (χ2n) is 6.48. The first-order chi connectivity index (χ1) is 13.7. The molecule has 0 aliphatic heterocycles. The van der Waals surface area contributed by atoms with Crippen LogP contribution < -0.4 is 11.5 Å². The standard InChI is InChI=1S/C24H20N4/c25-19-11-5-17(6-12-19)9-15-23-24(16-10-18-7-13-20(26)14-8-18)28-22-4-2-1-3-21(22)27-23/h1-16H,25-26H2/b15-9+,16-10+. The predicted molar refractivity (Wildman–Crippen MR) is 119 cm³/mol. The third-order valence-corrected chi connectivity index (χ3v) is 4.37. The summed E-state index contributed by atoms with van der Waals surface area (Å²) in [5.41, 5.74) is 18.5. The highest BCUT2D eigenvalue weighted by atomic mass is 14.8. The van der Waals surface area contributed by atoms with E-state index in [1.807, 2.05) is 97.1 Å². The number of nitrogens with two attached hydrogens (primary N) is 2. The van der Waals surface area contributed by atoms with Crippen LogP contribution in [0.5, 0.6) is 0 Å². The molecule has 4 nitrogen and oxygen atoms in total. The second kappa shape index (κ2) is 7.76. The average molecular weight is 364 g/mol. The van der Waals surface area contributed by atoms with Crippen molar-refractivity contribution in [2.75, 3.05) is 11.5 Å². The van der Waals surface area contributed by atoms with E-state index in [9.17, 15) is 0 Å². The Hall–Kier alpha value is -3.92. The lowest BCUT2D eigenvalue weighted by atomic mass is 10.1. The van der Waals surface area contributed by atoms with Gasteiger partial charge in [0.05, 0.1) is 22.4 Å². The molecule has 0 radical (unpaired) electrons. The zero-order valence-corrected chi connectivity index (χ0v) is 15.3. The van der Waals surface area contributed by atoms with Crippen LogP contribution >= 0.6 is 0 Å². The Morgan fingerprint density at radius 1 is 0.500 bits per heavy atom. The second-order valence-corrected chi connectivity index (χ2v) is 6.48. The third-order valence-electron chi connectivity index (χ3n) is 4.37. The molecule has 1 heterocycles. The Morgan fingerprint density at radius 3 is 1.29 bits per heavy atom. The first kappa shape index (κ1) is 17.5. The molecular formula is C24H20N4. The summed E-state index contributed by atoms with van der Waals surface area (Å²) in [5.74, 6) is 0. The quantitative estimate of drug-likeness (QED) is 0.492. The van der Waals surface area contributed by atoms with Crippen molar-refractivity contribution < 1.29 is 0 Å². The molecule has 4 rings (SSSR count). The Balaban J connectivity index is 1.73. The largest absolute Gasteiger partial charge is 0.399 e. The molecule has 0 atom stereocenters. The van der Waals surface area contributed by atoms with E-state index >= 15 is 0 Å². The number of rotatable bonds is 4. The van der Waals surface area contributed by atoms with Gasteiger partial charge in [-0.3, -0.25) is 0 Å². The van der Waals surface area contributed by atoms with Gasteiger partial charge in [-0.2, -0.15) is 0 Å². The van der Waals surface area contributed by atoms with Crippen LogP contribution in [0.2, 0.25) is 0 Å². The fourth-order valence-electron chi connectivity index (χ4n) is 2.84. The number of fused-ring (bicyclic) bond motifs is 1. The molecule has 4 aromatic rings. The summed E-state index contributed by atoms with van der Waals surface area (Å²) in [6.45, 7) is 0. The van der Waals surface area contributed by atoms with Gasteiger partial charge in [-0.25, -0.2) is 9.97 Å². The van der Waals surface area contributed by atoms with Gasteiger partial charge in [0.25, 0.3) is 0 Å². The number of benzene rings is 3. The number of hydrogen-bond donors (Lipinski definition) is 2. The molecule has 0 fully saturated rings. The van der Waals surface area contributed by atoms with Crippen LogP contribution in [0.15, 0.2) is 72.8 Å². The van der Waals surface area contributed by atoms with Crippen LogP contribution in [0, 0.1) is 0 Å². The minimum Gasteiger partial charge on any atom is -0.399 e. The normalized spacial score (nSPS) is 11.6. The van der Waals surface area contributed by atoms with Gasteiger partial charge in [-0.05, 0) is 59.7 Å². The molecule has 0 saturated carbocycles. The Morgan fingerprint density at radius 2 is 0.893 bits per heavy atom. The van der Waals surface area contributed by atoms with E-state index in [0.717, 1.165) is 44.9 Å². The number of anilines is 2. The lowest BCUT2D eigenvalue weighted by Crippen LogP contribution is -1.94. The van der Waals surface area contributed by atoms with Crippen molar-refractivity contribution in [1.29, 1.82) is 0 Å². The van der Waals surface area contributed by atoms with Gasteiger partial charge in [0.15, 0.2) is 0 Å². The first-order valence-electron chi connectivity index (χ1n) is 9.01. The zero-order valence-electron chi connectivity index (χ0n) is 15.3. The minimum absolute atomic E-state index is 0.745. The van der Waals surface area contributed by atoms with Crippen LogP contribution in [-0.2, 0) is 0 Å². The molecule has 0 unspecified atom stereocenters. The van der Waals surface area contributed by atoms with Crippen molar-refractivity contribution in [3.63, 3.8) is 0 Å². The van der Waals surface area contributed by atoms with Gasteiger partial charge in [0.2, 0.25) is 0 Å². The van der Waals surface area contributed by atoms with Crippen molar-refractivity contribution in [2.45, 2.75) is 0 Å². The van der Waals surface area contributed by atoms with Gasteiger partial charge in [-0.15, -0.1) is 0 Å². The highest BCUT2D eigenvalue weighted by Gasteiger charge is 2.04. The molecule has 0 saturated heterocycles. The van der Waals surface area contributed by atoms with Crippen LogP contribution in [0.3, 0.4) is 0 Å². The fourth-order valence-corrected chi connectivity index (χ4v) is 2.84. The molecule has 0 amide bonds. The third kappa shape index (κ3) is 4.07. The highest BCUT2D eigenvalue weighted by molar-refractivity contribution is 5.82. The van der Waals surface area contributed by atoms with Crippen LogP contribution in [0.1, 0.15) is 22.5 Å². The topological polar surface area (TPSA) is 77.8 Å². The summed E-state index contributed by atoms with van der Waals surface area (Å²) < 4.78 is 0. The van der Waals surface area contributed by atoms with Gasteiger partial charge in [0.1, 0.15) is 0 Å². The molecule has 0 bridgehead atoms. The van der Waals surface area contributed by atoms with E-state index in [2.05, 4.69) is 0 Å². The van der Waals surface area contributed by atoms with Gasteiger partial charge >= 0.3 is 0 Å². The molecule has 4 heteroatoms. The van der Waals surface area contributed by atoms with Gasteiger partial charge in [0, 0.05) is 11.4 Å². The van der Waals surface area contributed by atoms with Crippen LogP contribution in [0.25, 0.3) is 35.3 Å². The Labute approximate surface area is 163 Å². The minimum atomic E-state index is 0.745. The Bertz CT molecular complexity index is 1060. The molecule has 1 aromatic heterocycles. The number of hydrogen-bond acceptors (Lipinski definition) is 4. The summed E-state index contributed by atoms with van der Waals surface area (Å²) in [6.07, 6.45) is 7.98. The van der Waals surface area contributed by atoms with Gasteiger partial charge < -0.3 is 11.5 Å². The van der Waals surface area contributed by atoms with E-state index in [4.69, 9.17) is 21.4 Å². The summed E-state index contributed by atoms with van der Waals surface area (Å²) >= 11 is 0. The summed E-state index contributed by atoms with van der Waals surface area (Å²) in [6, 6.07) is 23.3. The molecule has 4 N–H and O–H groups in total. The number of para-hydroxylation sites is 2. The molecular weight excluding hydrogens is 344 g/mol. The van der Waals surface area contributed by atoms with Gasteiger partial charge in [-0.1, -0.05) is 48.6 Å². The smallest absolute Gasteiger partial charge is 0.0894 e. The molecule has 3 aromatic carbocycles. The Kier molecular flexibility index (Phi) is 4.85. The molecule has 28 heavy (non-hydrogen) atoms. The van der Waals surface area contributed by atoms with Crippen LogP contribution in [0.4, 0.5) is 11.4 Å². The highest BCUT2D eigenvalue weighted by Crippen LogP contribution is 2.18. The monoisotopic (exact) mass is 364 g/mol. The van der Waals surface area contributed by atoms with Crippen molar-refractivity contribution >= 4 is 46.7 Å². The number of nitrogens with zero attached hydrogens (tertiary/aromatic N) is 2. The zero-order chi connectivity index (χ0) is 19.3. The van der Waals surface area contributed by atoms with Crippen molar-refractivity contribution in [3.05, 3.63) is 95.3 Å². The number of nitrogen functional groups attached to an aromatic ring is 2. The predicted octanol–water partition coefficient (Wildman–Crippen LogP) is 5.14. The molecule has 136 valence electrons. The van der Waals surface area contributed by atoms with E-state index in [-0.39, 0.29) is 0 Å². The molecule has 0 aliphatic rings. The van der Waals surface area contributed by atoms with Crippen LogP contribution in [-0.4, -0.2) is 9.97 Å². The summed E-state index contributed by atoms with van der Waals surface area (Å²) in [5, 5.41) is 0. The fraction of sp³-hybridized carbons (Fsp3) is 0. The van der Waals surface area contributed by atoms with E-state index < -0.39 is 0 Å². The lowest BCUT2D eigenvalue weighted by molar-refractivity contribution is 1.24. The molecule has 0 spiro atoms. The maximum atomic E-state index is 5.76. The van der Waals surface area contributed by atoms with E-state index in [1.165, 1.54) is 0 Å². The number of aromatic nitrogens is 2. The maximum Gasteiger partial charge on any atom is 0.0894 e. The van der Waals surface area contributed by atoms with Crippen molar-refractivity contribution in [2.24, 2.45) is 0 Å². The average Bonchev–Trinajstić information content (AvgIpc) is 2.72. The van der Waals surface area contributed by atoms with Crippen molar-refractivity contribution in [1.82, 2.24) is 9.97 Å². The lowest BCUT2D eigenvalue weighted by Gasteiger charge is -2.04. The van der Waals surface area contributed by atoms with E-state index in [1.54, 1.807) is 0 Å². The summed E-state index contributed by atoms with van der Waals surface area (Å²) in [7, 11) is 0. The maximum absolute atomic E-state index is 5.76. The molecule has 0 aliphatic carbocycles. The summed E-state index contributed by atoms with van der Waals surface area (Å²) in [4.78, 5) is 9.58. The van der Waals surface area contributed by atoms with E-state index in [0.29, 0.717) is 0 Å².